The van der Waals surface area contributed by atoms with Crippen LogP contribution in [0.4, 0.5) is 0 Å². The van der Waals surface area contributed by atoms with Crippen molar-refractivity contribution in [1.29, 1.82) is 0 Å². The van der Waals surface area contributed by atoms with E-state index in [0.717, 1.165) is 25.7 Å². The summed E-state index contributed by atoms with van der Waals surface area (Å²) in [6, 6.07) is -1.13. The summed E-state index contributed by atoms with van der Waals surface area (Å²) < 4.78 is 0. The number of carbonyl (C=O) groups excluding carboxylic acids is 2. The molecule has 0 aromatic carbocycles. The van der Waals surface area contributed by atoms with Crippen molar-refractivity contribution in [3.8, 4) is 12.3 Å². The highest BCUT2D eigenvalue weighted by Gasteiger charge is 2.44. The van der Waals surface area contributed by atoms with Crippen molar-refractivity contribution < 1.29 is 9.59 Å². The third-order valence-electron chi connectivity index (χ3n) is 4.62. The summed E-state index contributed by atoms with van der Waals surface area (Å²) >= 11 is 0. The molecule has 1 N–H and O–H groups in total. The van der Waals surface area contributed by atoms with Crippen molar-refractivity contribution in [3.05, 3.63) is 0 Å². The highest BCUT2D eigenvalue weighted by molar-refractivity contribution is 5.97. The Balaban J connectivity index is 2.22. The maximum atomic E-state index is 12.8. The smallest absolute Gasteiger partial charge is 0.247 e. The van der Waals surface area contributed by atoms with Gasteiger partial charge in [0.05, 0.1) is 6.04 Å². The Bertz CT molecular complexity index is 421. The second kappa shape index (κ2) is 6.30. The second-order valence-corrected chi connectivity index (χ2v) is 5.90. The Morgan fingerprint density at radius 3 is 2.55 bits per heavy atom. The molecule has 0 bridgehead atoms. The third-order valence-corrected chi connectivity index (χ3v) is 4.62. The van der Waals surface area contributed by atoms with Crippen LogP contribution in [-0.4, -0.2) is 34.8 Å². The van der Waals surface area contributed by atoms with Gasteiger partial charge < -0.3 is 10.2 Å². The van der Waals surface area contributed by atoms with E-state index < -0.39 is 6.04 Å². The van der Waals surface area contributed by atoms with Gasteiger partial charge in [0, 0.05) is 0 Å². The summed E-state index contributed by atoms with van der Waals surface area (Å²) in [5.74, 6) is 2.82. The van der Waals surface area contributed by atoms with Crippen LogP contribution in [0.2, 0.25) is 0 Å². The summed E-state index contributed by atoms with van der Waals surface area (Å²) in [6.07, 6.45) is 11.6. The maximum Gasteiger partial charge on any atom is 0.247 e. The van der Waals surface area contributed by atoms with Gasteiger partial charge in [-0.15, -0.1) is 6.42 Å². The van der Waals surface area contributed by atoms with E-state index in [2.05, 4.69) is 11.2 Å². The molecule has 110 valence electrons. The minimum absolute atomic E-state index is 0.00815. The van der Waals surface area contributed by atoms with Crippen molar-refractivity contribution in [1.82, 2.24) is 10.2 Å². The van der Waals surface area contributed by atoms with Gasteiger partial charge in [-0.3, -0.25) is 9.59 Å². The molecule has 2 amide bonds. The van der Waals surface area contributed by atoms with Gasteiger partial charge in [0.15, 0.2) is 0 Å². The van der Waals surface area contributed by atoms with Crippen LogP contribution >= 0.6 is 0 Å². The monoisotopic (exact) mass is 276 g/mol. The normalized spacial score (nSPS) is 29.8. The molecule has 2 aliphatic rings. The fraction of sp³-hybridized carbons (Fsp3) is 0.750. The summed E-state index contributed by atoms with van der Waals surface area (Å²) in [5.41, 5.74) is 0. The molecule has 1 saturated heterocycles. The van der Waals surface area contributed by atoms with E-state index in [0.29, 0.717) is 6.42 Å². The van der Waals surface area contributed by atoms with Crippen LogP contribution in [0.3, 0.4) is 0 Å². The molecule has 0 aromatic rings. The number of rotatable bonds is 3. The lowest BCUT2D eigenvalue weighted by Crippen LogP contribution is -2.66. The molecule has 2 rings (SSSR count). The van der Waals surface area contributed by atoms with Crippen molar-refractivity contribution in [3.63, 3.8) is 0 Å². The highest BCUT2D eigenvalue weighted by atomic mass is 16.2. The van der Waals surface area contributed by atoms with Crippen LogP contribution in [-0.2, 0) is 9.59 Å². The summed E-state index contributed by atoms with van der Waals surface area (Å²) in [6.45, 7) is 3.73. The molecule has 1 aliphatic carbocycles. The number of carbonyl (C=O) groups is 2. The first-order chi connectivity index (χ1) is 9.60. The van der Waals surface area contributed by atoms with Crippen LogP contribution in [0.5, 0.6) is 0 Å². The largest absolute Gasteiger partial charge is 0.342 e. The zero-order valence-corrected chi connectivity index (χ0v) is 12.4. The van der Waals surface area contributed by atoms with Gasteiger partial charge in [-0.25, -0.2) is 0 Å². The summed E-state index contributed by atoms with van der Waals surface area (Å²) in [7, 11) is 0. The zero-order chi connectivity index (χ0) is 14.7. The summed E-state index contributed by atoms with van der Waals surface area (Å²) in [4.78, 5) is 26.7. The van der Waals surface area contributed by atoms with Gasteiger partial charge >= 0.3 is 0 Å². The molecule has 4 nitrogen and oxygen atoms in total. The summed E-state index contributed by atoms with van der Waals surface area (Å²) in [5, 5.41) is 2.95. The molecule has 0 spiro atoms. The van der Waals surface area contributed by atoms with E-state index in [-0.39, 0.29) is 29.8 Å². The molecule has 4 heteroatoms. The van der Waals surface area contributed by atoms with Gasteiger partial charge in [0.25, 0.3) is 0 Å². The Morgan fingerprint density at radius 2 is 2.00 bits per heavy atom. The van der Waals surface area contributed by atoms with Crippen LogP contribution in [0.1, 0.15) is 52.4 Å². The molecule has 1 heterocycles. The molecule has 0 aromatic heterocycles. The van der Waals surface area contributed by atoms with Crippen LogP contribution < -0.4 is 5.32 Å². The fourth-order valence-corrected chi connectivity index (χ4v) is 3.46. The van der Waals surface area contributed by atoms with E-state index in [4.69, 9.17) is 6.42 Å². The van der Waals surface area contributed by atoms with Gasteiger partial charge in [0.2, 0.25) is 11.8 Å². The number of amides is 2. The van der Waals surface area contributed by atoms with Gasteiger partial charge in [-0.1, -0.05) is 32.1 Å². The molecular weight excluding hydrogens is 252 g/mol. The van der Waals surface area contributed by atoms with Crippen molar-refractivity contribution in [2.24, 2.45) is 5.92 Å². The first-order valence-electron chi connectivity index (χ1n) is 7.68. The van der Waals surface area contributed by atoms with E-state index in [1.165, 1.54) is 6.42 Å². The lowest BCUT2D eigenvalue weighted by molar-refractivity contribution is -0.152. The number of nitrogens with one attached hydrogen (secondary N) is 1. The number of hydrogen-bond donors (Lipinski definition) is 1. The quantitative estimate of drug-likeness (QED) is 0.798. The molecule has 20 heavy (non-hydrogen) atoms. The number of nitrogens with zero attached hydrogens (tertiary/aromatic N) is 1. The van der Waals surface area contributed by atoms with Crippen LogP contribution in [0, 0.1) is 18.3 Å². The van der Waals surface area contributed by atoms with Crippen LogP contribution in [0.15, 0.2) is 0 Å². The molecule has 1 aliphatic heterocycles. The number of piperazine rings is 1. The lowest BCUT2D eigenvalue weighted by Gasteiger charge is -2.43. The minimum atomic E-state index is -0.423. The van der Waals surface area contributed by atoms with Crippen molar-refractivity contribution in [2.45, 2.75) is 70.5 Å². The second-order valence-electron chi connectivity index (χ2n) is 5.90. The number of hydrogen-bond acceptors (Lipinski definition) is 2. The molecule has 3 unspecified atom stereocenters. The number of terminal acetylenes is 1. The standard InChI is InChI=1S/C16H24N2O2/c1-4-11(3)18-13(5-2)15(19)17-14(16(18)20)12-9-7-6-8-10-12/h1,11-14H,5-10H2,2-3H3,(H,17,19). The predicted octanol–water partition coefficient (Wildman–Crippen LogP) is 1.69. The van der Waals surface area contributed by atoms with E-state index >= 15 is 0 Å². The molecular formula is C16H24N2O2. The molecule has 0 radical (unpaired) electrons. The first kappa shape index (κ1) is 14.9. The molecule has 2 fully saturated rings. The van der Waals surface area contributed by atoms with Crippen LogP contribution in [0.25, 0.3) is 0 Å². The average molecular weight is 276 g/mol. The zero-order valence-electron chi connectivity index (χ0n) is 12.4. The topological polar surface area (TPSA) is 49.4 Å². The Labute approximate surface area is 121 Å². The molecule has 1 saturated carbocycles. The van der Waals surface area contributed by atoms with E-state index in [1.807, 2.05) is 13.8 Å². The first-order valence-corrected chi connectivity index (χ1v) is 7.68. The average Bonchev–Trinajstić information content (AvgIpc) is 2.48. The minimum Gasteiger partial charge on any atom is -0.342 e. The maximum absolute atomic E-state index is 12.8. The van der Waals surface area contributed by atoms with E-state index in [1.54, 1.807) is 4.90 Å². The lowest BCUT2D eigenvalue weighted by atomic mass is 9.82. The van der Waals surface area contributed by atoms with Gasteiger partial charge in [0.1, 0.15) is 12.1 Å². The van der Waals surface area contributed by atoms with Crippen molar-refractivity contribution in [2.75, 3.05) is 0 Å². The van der Waals surface area contributed by atoms with Gasteiger partial charge in [-0.05, 0) is 32.1 Å². The van der Waals surface area contributed by atoms with E-state index in [9.17, 15) is 9.59 Å². The SMILES string of the molecule is C#CC(C)N1C(=O)C(C2CCCCC2)NC(=O)C1CC. The fourth-order valence-electron chi connectivity index (χ4n) is 3.46. The Hall–Kier alpha value is -1.50. The van der Waals surface area contributed by atoms with Crippen molar-refractivity contribution >= 4 is 11.8 Å². The predicted molar refractivity (Wildman–Crippen MR) is 77.7 cm³/mol. The highest BCUT2D eigenvalue weighted by Crippen LogP contribution is 2.30. The Morgan fingerprint density at radius 1 is 1.35 bits per heavy atom. The Kier molecular flexibility index (Phi) is 4.69. The van der Waals surface area contributed by atoms with Gasteiger partial charge in [-0.2, -0.15) is 0 Å². The molecule has 3 atom stereocenters. The third kappa shape index (κ3) is 2.67.